The second kappa shape index (κ2) is 49.2. The van der Waals surface area contributed by atoms with Gasteiger partial charge in [-0.05, 0) is 153 Å². The Balaban J connectivity index is 0.911. The highest BCUT2D eigenvalue weighted by Crippen LogP contribution is 2.32. The number of amides is 3. The van der Waals surface area contributed by atoms with Crippen molar-refractivity contribution in [1.29, 1.82) is 0 Å². The number of rotatable bonds is 49. The number of carbonyl (C=O) groups is 7. The fourth-order valence-corrected chi connectivity index (χ4v) is 13.1. The molecule has 4 fully saturated rings. The Hall–Kier alpha value is -6.51. The fourth-order valence-electron chi connectivity index (χ4n) is 13.1. The van der Waals surface area contributed by atoms with E-state index < -0.39 is 23.9 Å². The van der Waals surface area contributed by atoms with Gasteiger partial charge >= 0.3 is 0 Å². The smallest absolute Gasteiger partial charge is 0.293 e. The number of likely N-dealkylation sites (N-methyl/N-ethyl adjacent to an activating group) is 1. The molecule has 1 aliphatic carbocycles. The molecule has 3 saturated heterocycles. The van der Waals surface area contributed by atoms with Gasteiger partial charge < -0.3 is 63.7 Å². The second-order valence-corrected chi connectivity index (χ2v) is 27.4. The van der Waals surface area contributed by atoms with Crippen LogP contribution in [0.2, 0.25) is 0 Å². The third-order valence-electron chi connectivity index (χ3n) is 19.4. The van der Waals surface area contributed by atoms with E-state index in [1.807, 2.05) is 63.1 Å². The van der Waals surface area contributed by atoms with E-state index in [1.54, 1.807) is 24.4 Å². The van der Waals surface area contributed by atoms with Crippen molar-refractivity contribution in [2.24, 2.45) is 33.7 Å². The summed E-state index contributed by atoms with van der Waals surface area (Å²) in [5, 5.41) is 17.0. The van der Waals surface area contributed by atoms with Crippen molar-refractivity contribution in [3.05, 3.63) is 77.3 Å². The third kappa shape index (κ3) is 32.6. The van der Waals surface area contributed by atoms with E-state index in [4.69, 9.17) is 28.4 Å². The molecule has 4 aliphatic rings. The Labute approximate surface area is 595 Å². The number of ketones is 2. The average Bonchev–Trinajstić information content (AvgIpc) is 0.855. The maximum Gasteiger partial charge on any atom is 0.293 e. The number of anilines is 1. The van der Waals surface area contributed by atoms with Crippen molar-refractivity contribution in [3.8, 4) is 0 Å². The number of nitrogens with one attached hydrogen (secondary N) is 2. The molecule has 5 rings (SSSR count). The summed E-state index contributed by atoms with van der Waals surface area (Å²) in [6.45, 7) is 23.5. The number of nitrogens with zero attached hydrogens (tertiary/aromatic N) is 8. The number of aliphatic imine (C=N–C) groups is 2. The average molecular weight is 1400 g/mol. The van der Waals surface area contributed by atoms with E-state index in [2.05, 4.69) is 67.0 Å². The maximum atomic E-state index is 13.3. The molecule has 558 valence electrons. The predicted octanol–water partition coefficient (Wildman–Crippen LogP) is 8.27. The van der Waals surface area contributed by atoms with E-state index in [-0.39, 0.29) is 72.6 Å². The molecule has 0 radical (unpaired) electrons. The number of ether oxygens (including phenoxy) is 6. The Morgan fingerprint density at radius 1 is 0.840 bits per heavy atom. The lowest BCUT2D eigenvalue weighted by molar-refractivity contribution is -0.157. The number of Topliss-reactive ketones (excluding diaryl/α,β-unsaturated/α-hetero) is 2. The number of carbonyl (C=O) groups excluding carboxylic acids is 7. The van der Waals surface area contributed by atoms with Gasteiger partial charge in [0.2, 0.25) is 17.6 Å². The lowest BCUT2D eigenvalue weighted by atomic mass is 9.83. The van der Waals surface area contributed by atoms with Crippen LogP contribution in [0.25, 0.3) is 0 Å². The highest BCUT2D eigenvalue weighted by Gasteiger charge is 2.36. The third-order valence-corrected chi connectivity index (χ3v) is 19.4. The van der Waals surface area contributed by atoms with E-state index in [0.29, 0.717) is 135 Å². The SMILES string of the molecule is C=N/C=C(\C=N/CCN(CCNC)C(=O)CCOCCN1CCN(c2ncc(C(=O)NCCOCCC=O)cn2)CC1)COC1CCC(CCC(CCC(C)/C=C(\C)C(O)CC(=O)C(C)CC(C)/C=C/C=C/C=C(\C)C(CC2CCCC(C(=O)C(=O)N3CCCCC3)O2)OC)OC=O)CC1. The summed E-state index contributed by atoms with van der Waals surface area (Å²) in [5.41, 5.74) is 2.95. The van der Waals surface area contributed by atoms with Crippen molar-refractivity contribution in [2.75, 3.05) is 131 Å². The number of aromatic nitrogens is 2. The quantitative estimate of drug-likeness (QED) is 0.0138. The minimum Gasteiger partial charge on any atom is -0.465 e. The number of allylic oxidation sites excluding steroid dienone is 6. The van der Waals surface area contributed by atoms with Crippen LogP contribution < -0.4 is 15.5 Å². The van der Waals surface area contributed by atoms with Crippen LogP contribution >= 0.6 is 0 Å². The number of aliphatic hydroxyl groups is 1. The molecule has 0 aromatic carbocycles. The first-order valence-electron chi connectivity index (χ1n) is 36.8. The van der Waals surface area contributed by atoms with Crippen LogP contribution in [-0.4, -0.2) is 247 Å². The molecule has 8 atom stereocenters. The monoisotopic (exact) mass is 1400 g/mol. The minimum absolute atomic E-state index is 0.00837. The molecule has 1 aromatic rings. The van der Waals surface area contributed by atoms with Crippen molar-refractivity contribution >= 4 is 60.9 Å². The van der Waals surface area contributed by atoms with Crippen LogP contribution in [0, 0.1) is 23.7 Å². The molecule has 8 unspecified atom stereocenters. The van der Waals surface area contributed by atoms with Crippen LogP contribution in [0.3, 0.4) is 0 Å². The molecule has 24 nitrogen and oxygen atoms in total. The van der Waals surface area contributed by atoms with E-state index in [1.165, 1.54) is 12.4 Å². The molecule has 3 N–H and O–H groups in total. The van der Waals surface area contributed by atoms with Gasteiger partial charge in [-0.1, -0.05) is 57.2 Å². The highest BCUT2D eigenvalue weighted by molar-refractivity contribution is 6.37. The highest BCUT2D eigenvalue weighted by atomic mass is 16.5. The Bertz CT molecular complexity index is 2790. The van der Waals surface area contributed by atoms with Gasteiger partial charge in [0, 0.05) is 135 Å². The maximum absolute atomic E-state index is 13.3. The van der Waals surface area contributed by atoms with Crippen LogP contribution in [0.15, 0.2) is 81.8 Å². The molecule has 24 heteroatoms. The van der Waals surface area contributed by atoms with E-state index >= 15 is 0 Å². The zero-order valence-corrected chi connectivity index (χ0v) is 61.2. The zero-order valence-electron chi connectivity index (χ0n) is 61.2. The molecule has 100 heavy (non-hydrogen) atoms. The van der Waals surface area contributed by atoms with Gasteiger partial charge in [0.05, 0.1) is 76.0 Å². The predicted molar refractivity (Wildman–Crippen MR) is 389 cm³/mol. The summed E-state index contributed by atoms with van der Waals surface area (Å²) < 4.78 is 35.2. The Morgan fingerprint density at radius 3 is 2.30 bits per heavy atom. The van der Waals surface area contributed by atoms with Gasteiger partial charge in [-0.2, -0.15) is 0 Å². The molecule has 3 aliphatic heterocycles. The first-order valence-corrected chi connectivity index (χ1v) is 36.8. The summed E-state index contributed by atoms with van der Waals surface area (Å²) in [7, 11) is 3.53. The number of aliphatic hydroxyl groups excluding tert-OH is 1. The number of piperidine rings is 1. The second-order valence-electron chi connectivity index (χ2n) is 27.4. The summed E-state index contributed by atoms with van der Waals surface area (Å²) in [5.74, 6) is 0.00783. The normalized spacial score (nSPS) is 21.0. The summed E-state index contributed by atoms with van der Waals surface area (Å²) >= 11 is 0. The van der Waals surface area contributed by atoms with Crippen LogP contribution in [0.5, 0.6) is 0 Å². The van der Waals surface area contributed by atoms with Crippen LogP contribution in [0.1, 0.15) is 167 Å². The number of hydrogen-bond acceptors (Lipinski definition) is 21. The summed E-state index contributed by atoms with van der Waals surface area (Å²) in [6, 6.07) is 0. The van der Waals surface area contributed by atoms with Crippen molar-refractivity contribution in [2.45, 2.75) is 193 Å². The largest absolute Gasteiger partial charge is 0.465 e. The first kappa shape index (κ1) is 84.1. The Morgan fingerprint density at radius 2 is 1.59 bits per heavy atom. The summed E-state index contributed by atoms with van der Waals surface area (Å²) in [6.07, 6.45) is 31.4. The zero-order chi connectivity index (χ0) is 72.3. The molecule has 0 spiro atoms. The van der Waals surface area contributed by atoms with E-state index in [9.17, 15) is 38.7 Å². The molecule has 0 bridgehead atoms. The van der Waals surface area contributed by atoms with Crippen molar-refractivity contribution in [3.63, 3.8) is 0 Å². The van der Waals surface area contributed by atoms with Crippen molar-refractivity contribution < 1.29 is 67.1 Å². The Kier molecular flexibility index (Phi) is 41.4. The molecule has 1 aromatic heterocycles. The topological polar surface area (TPSA) is 283 Å². The fraction of sp³-hybridized carbons (Fsp3) is 0.697. The molecular weight excluding hydrogens is 1280 g/mol. The van der Waals surface area contributed by atoms with Gasteiger partial charge in [0.25, 0.3) is 18.3 Å². The summed E-state index contributed by atoms with van der Waals surface area (Å²) in [4.78, 5) is 112. The lowest BCUT2D eigenvalue weighted by Crippen LogP contribution is -2.48. The van der Waals surface area contributed by atoms with Crippen LogP contribution in [-0.2, 0) is 57.2 Å². The van der Waals surface area contributed by atoms with Crippen LogP contribution in [0.4, 0.5) is 5.95 Å². The van der Waals surface area contributed by atoms with Gasteiger partial charge in [-0.3, -0.25) is 43.7 Å². The van der Waals surface area contributed by atoms with Crippen molar-refractivity contribution in [1.82, 2.24) is 35.3 Å². The minimum atomic E-state index is -0.874. The number of piperazine rings is 1. The number of hydrogen-bond donors (Lipinski definition) is 3. The van der Waals surface area contributed by atoms with Gasteiger partial charge in [-0.15, -0.1) is 0 Å². The van der Waals surface area contributed by atoms with E-state index in [0.717, 1.165) is 133 Å². The number of likely N-dealkylation sites (tertiary alicyclic amines) is 1. The number of methoxy groups -OCH3 is 1. The molecule has 4 heterocycles. The standard InChI is InChI=1S/C76H120N10O14/c1-57(17-11-9-12-18-59(3)71(95-8)49-67-19-15-20-70(100-67)73(92)75(94)85-33-13-10-14-34-85)47-60(4)68(89)50-69(90)61(5)48-58(2)21-25-66(99-56-88)28-24-62-22-26-65(27-23-62)98-55-63(51-78-7)52-79-31-36-84(35-30-77-6)72(91)29-44-97-46-41-83-37-39-86(40-38-83)76-81-53-64(54-82-76)74(93)80-32-45-96-43-16-42-87/h9,11-12,17-18,42,48,51-54,56-58,60,62,65-67,69-71,77,90H,7,10,13-16,19-41,43-47,49-50,55H2,1-6,8H3,(H,80,93)/b12-9+,17-11+,59-18+,61-48+,63-51+,79-52-. The van der Waals surface area contributed by atoms with Gasteiger partial charge in [-0.25, -0.2) is 9.97 Å². The molecule has 3 amide bonds. The molecule has 1 saturated carbocycles. The first-order chi connectivity index (χ1) is 48.4. The van der Waals surface area contributed by atoms with Gasteiger partial charge in [0.15, 0.2) is 0 Å². The molecular formula is C76H120N10O14. The lowest BCUT2D eigenvalue weighted by Gasteiger charge is -2.34. The number of aldehydes is 1. The van der Waals surface area contributed by atoms with Gasteiger partial charge in [0.1, 0.15) is 24.3 Å².